The molecular formula is C13H14N2O5. The number of carbonyl (C=O) groups is 3. The van der Waals surface area contributed by atoms with Crippen molar-refractivity contribution in [3.63, 3.8) is 0 Å². The third-order valence-corrected chi connectivity index (χ3v) is 2.06. The smallest absolute Gasteiger partial charge is 0.328 e. The van der Waals surface area contributed by atoms with Crippen LogP contribution in [0, 0.1) is 6.92 Å². The van der Waals surface area contributed by atoms with Gasteiger partial charge < -0.3 is 9.84 Å². The highest BCUT2D eigenvalue weighted by molar-refractivity contribution is 5.94. The molecule has 0 bridgehead atoms. The van der Waals surface area contributed by atoms with Crippen molar-refractivity contribution in [1.29, 1.82) is 0 Å². The monoisotopic (exact) mass is 278 g/mol. The number of benzene rings is 1. The molecule has 0 saturated heterocycles. The minimum Gasteiger partial charge on any atom is -0.484 e. The largest absolute Gasteiger partial charge is 0.484 e. The van der Waals surface area contributed by atoms with Gasteiger partial charge in [-0.15, -0.1) is 0 Å². The minimum absolute atomic E-state index is 0.271. The van der Waals surface area contributed by atoms with Gasteiger partial charge in [0.1, 0.15) is 5.75 Å². The van der Waals surface area contributed by atoms with Crippen LogP contribution >= 0.6 is 0 Å². The summed E-state index contributed by atoms with van der Waals surface area (Å²) in [6.07, 6.45) is 1.44. The minimum atomic E-state index is -1.26. The molecule has 1 aromatic carbocycles. The Kier molecular flexibility index (Phi) is 5.76. The predicted molar refractivity (Wildman–Crippen MR) is 69.7 cm³/mol. The van der Waals surface area contributed by atoms with E-state index in [-0.39, 0.29) is 6.61 Å². The van der Waals surface area contributed by atoms with Crippen molar-refractivity contribution in [2.45, 2.75) is 6.92 Å². The number of nitrogens with one attached hydrogen (secondary N) is 2. The third kappa shape index (κ3) is 6.20. The summed E-state index contributed by atoms with van der Waals surface area (Å²) in [5.41, 5.74) is 5.10. The van der Waals surface area contributed by atoms with Crippen LogP contribution < -0.4 is 15.6 Å². The van der Waals surface area contributed by atoms with E-state index in [9.17, 15) is 14.4 Å². The number of aryl methyl sites for hydroxylation is 1. The van der Waals surface area contributed by atoms with Gasteiger partial charge >= 0.3 is 5.97 Å². The average molecular weight is 278 g/mol. The van der Waals surface area contributed by atoms with Crippen LogP contribution in [-0.2, 0) is 14.4 Å². The Labute approximate surface area is 115 Å². The number of rotatable bonds is 5. The molecule has 7 nitrogen and oxygen atoms in total. The molecule has 0 unspecified atom stereocenters. The normalized spacial score (nSPS) is 10.1. The number of hydrogen-bond donors (Lipinski definition) is 3. The van der Waals surface area contributed by atoms with Crippen molar-refractivity contribution in [2.24, 2.45) is 0 Å². The first-order chi connectivity index (χ1) is 9.47. The van der Waals surface area contributed by atoms with E-state index in [1.54, 1.807) is 18.2 Å². The second kappa shape index (κ2) is 7.57. The van der Waals surface area contributed by atoms with Gasteiger partial charge in [0.15, 0.2) is 6.61 Å². The lowest BCUT2D eigenvalue weighted by molar-refractivity contribution is -0.131. The Bertz CT molecular complexity index is 539. The molecule has 0 aromatic heterocycles. The maximum absolute atomic E-state index is 11.4. The van der Waals surface area contributed by atoms with Gasteiger partial charge in [-0.1, -0.05) is 12.1 Å². The van der Waals surface area contributed by atoms with Gasteiger partial charge in [0.2, 0.25) is 0 Å². The Morgan fingerprint density at radius 3 is 2.65 bits per heavy atom. The van der Waals surface area contributed by atoms with Crippen LogP contribution in [0.5, 0.6) is 5.75 Å². The number of carboxylic acids is 1. The Balaban J connectivity index is 2.30. The van der Waals surface area contributed by atoms with Crippen molar-refractivity contribution >= 4 is 17.8 Å². The molecule has 0 fully saturated rings. The molecule has 0 radical (unpaired) electrons. The van der Waals surface area contributed by atoms with Gasteiger partial charge in [0.25, 0.3) is 11.8 Å². The van der Waals surface area contributed by atoms with Crippen molar-refractivity contribution < 1.29 is 24.2 Å². The fourth-order valence-corrected chi connectivity index (χ4v) is 1.21. The number of carboxylic acid groups (broad SMARTS) is 1. The van der Waals surface area contributed by atoms with Crippen molar-refractivity contribution in [3.05, 3.63) is 42.0 Å². The fourth-order valence-electron chi connectivity index (χ4n) is 1.21. The van der Waals surface area contributed by atoms with Gasteiger partial charge in [-0.05, 0) is 24.6 Å². The van der Waals surface area contributed by atoms with Gasteiger partial charge in [0, 0.05) is 12.2 Å². The van der Waals surface area contributed by atoms with E-state index < -0.39 is 17.8 Å². The lowest BCUT2D eigenvalue weighted by Gasteiger charge is -2.07. The van der Waals surface area contributed by atoms with Crippen LogP contribution in [0.1, 0.15) is 5.56 Å². The Morgan fingerprint density at radius 1 is 1.25 bits per heavy atom. The molecule has 1 aromatic rings. The first-order valence-corrected chi connectivity index (χ1v) is 5.66. The summed E-state index contributed by atoms with van der Waals surface area (Å²) < 4.78 is 5.20. The Morgan fingerprint density at radius 2 is 2.00 bits per heavy atom. The van der Waals surface area contributed by atoms with E-state index in [4.69, 9.17) is 9.84 Å². The standard InChI is InChI=1S/C13H14N2O5/c1-9-3-2-4-10(7-9)20-8-12(17)15-14-11(16)5-6-13(18)19/h2-7H,8H2,1H3,(H,14,16)(H,15,17)(H,18,19). The van der Waals surface area contributed by atoms with E-state index >= 15 is 0 Å². The highest BCUT2D eigenvalue weighted by atomic mass is 16.5. The molecule has 0 heterocycles. The molecule has 0 saturated carbocycles. The molecule has 0 aliphatic rings. The van der Waals surface area contributed by atoms with E-state index in [0.717, 1.165) is 11.6 Å². The maximum atomic E-state index is 11.4. The molecule has 0 aliphatic carbocycles. The summed E-state index contributed by atoms with van der Waals surface area (Å²) in [5, 5.41) is 8.30. The summed E-state index contributed by atoms with van der Waals surface area (Å²) in [6, 6.07) is 7.15. The second-order valence-electron chi connectivity index (χ2n) is 3.81. The van der Waals surface area contributed by atoms with E-state index in [1.807, 2.05) is 18.4 Å². The summed E-state index contributed by atoms with van der Waals surface area (Å²) in [7, 11) is 0. The van der Waals surface area contributed by atoms with E-state index in [1.165, 1.54) is 0 Å². The van der Waals surface area contributed by atoms with Crippen LogP contribution in [-0.4, -0.2) is 29.5 Å². The molecule has 1 rings (SSSR count). The molecule has 0 spiro atoms. The van der Waals surface area contributed by atoms with E-state index in [0.29, 0.717) is 11.8 Å². The van der Waals surface area contributed by atoms with Crippen molar-refractivity contribution in [1.82, 2.24) is 10.9 Å². The molecule has 7 heteroatoms. The van der Waals surface area contributed by atoms with Crippen LogP contribution in [0.2, 0.25) is 0 Å². The van der Waals surface area contributed by atoms with Crippen LogP contribution in [0.25, 0.3) is 0 Å². The molecule has 0 atom stereocenters. The van der Waals surface area contributed by atoms with E-state index in [2.05, 4.69) is 5.43 Å². The second-order valence-corrected chi connectivity index (χ2v) is 3.81. The maximum Gasteiger partial charge on any atom is 0.328 e. The molecule has 3 N–H and O–H groups in total. The van der Waals surface area contributed by atoms with Gasteiger partial charge in [0.05, 0.1) is 0 Å². The quantitative estimate of drug-likeness (QED) is 0.525. The number of carbonyl (C=O) groups excluding carboxylic acids is 2. The number of aliphatic carboxylic acids is 1. The number of ether oxygens (including phenoxy) is 1. The number of amides is 2. The van der Waals surface area contributed by atoms with Gasteiger partial charge in [-0.3, -0.25) is 20.4 Å². The van der Waals surface area contributed by atoms with Gasteiger partial charge in [-0.2, -0.15) is 0 Å². The highest BCUT2D eigenvalue weighted by Crippen LogP contribution is 2.11. The van der Waals surface area contributed by atoms with Crippen LogP contribution in [0.4, 0.5) is 0 Å². The Hall–Kier alpha value is -2.83. The lowest BCUT2D eigenvalue weighted by atomic mass is 10.2. The SMILES string of the molecule is Cc1cccc(OCC(=O)NNC(=O)C=CC(=O)O)c1. The summed E-state index contributed by atoms with van der Waals surface area (Å²) in [5.74, 6) is -2.04. The summed E-state index contributed by atoms with van der Waals surface area (Å²) in [4.78, 5) is 32.6. The average Bonchev–Trinajstić information content (AvgIpc) is 2.40. The molecule has 20 heavy (non-hydrogen) atoms. The van der Waals surface area contributed by atoms with Crippen molar-refractivity contribution in [3.8, 4) is 5.75 Å². The zero-order valence-corrected chi connectivity index (χ0v) is 10.8. The first kappa shape index (κ1) is 15.2. The van der Waals surface area contributed by atoms with Gasteiger partial charge in [-0.25, -0.2) is 4.79 Å². The highest BCUT2D eigenvalue weighted by Gasteiger charge is 2.04. The molecule has 2 amide bonds. The summed E-state index contributed by atoms with van der Waals surface area (Å²) in [6.45, 7) is 1.62. The molecule has 0 aliphatic heterocycles. The lowest BCUT2D eigenvalue weighted by Crippen LogP contribution is -2.43. The number of hydrazine groups is 1. The molecule has 106 valence electrons. The topological polar surface area (TPSA) is 105 Å². The fraction of sp³-hybridized carbons (Fsp3) is 0.154. The predicted octanol–water partition coefficient (Wildman–Crippen LogP) is 0.162. The van der Waals surface area contributed by atoms with Crippen molar-refractivity contribution in [2.75, 3.05) is 6.61 Å². The van der Waals surface area contributed by atoms with Crippen LogP contribution in [0.15, 0.2) is 36.4 Å². The summed E-state index contributed by atoms with van der Waals surface area (Å²) >= 11 is 0. The third-order valence-electron chi connectivity index (χ3n) is 2.06. The zero-order valence-electron chi connectivity index (χ0n) is 10.8. The number of hydrogen-bond acceptors (Lipinski definition) is 4. The van der Waals surface area contributed by atoms with Crippen LogP contribution in [0.3, 0.4) is 0 Å². The first-order valence-electron chi connectivity index (χ1n) is 5.66. The molecular weight excluding hydrogens is 264 g/mol. The zero-order chi connectivity index (χ0) is 15.0.